The molecule has 1 amide bonds. The molecule has 0 aromatic heterocycles. The number of hydrogen-bond acceptors (Lipinski definition) is 2. The van der Waals surface area contributed by atoms with Crippen LogP contribution >= 0.6 is 0 Å². The number of para-hydroxylation sites is 1. The standard InChI is InChI=1S/C18H18N2O/c1-13(14-7-3-2-4-8-14)19-11-15-9-5-6-10-16(15)20-12-17(20)18(19)21/h2-10,13,17H,11-12H2,1H3/t13-,17+,20?/m0/s1. The molecule has 0 N–H and O–H groups in total. The Hall–Kier alpha value is -2.29. The number of amides is 1. The summed E-state index contributed by atoms with van der Waals surface area (Å²) in [4.78, 5) is 17.0. The highest BCUT2D eigenvalue weighted by Gasteiger charge is 2.47. The number of carbonyl (C=O) groups is 1. The van der Waals surface area contributed by atoms with Crippen molar-refractivity contribution in [3.8, 4) is 0 Å². The molecule has 3 nitrogen and oxygen atoms in total. The van der Waals surface area contributed by atoms with Crippen LogP contribution in [-0.4, -0.2) is 23.4 Å². The molecule has 0 spiro atoms. The topological polar surface area (TPSA) is 23.3 Å². The van der Waals surface area contributed by atoms with Crippen LogP contribution in [0.3, 0.4) is 0 Å². The Balaban J connectivity index is 1.71. The third-order valence-electron chi connectivity index (χ3n) is 4.57. The molecule has 0 bridgehead atoms. The molecule has 2 aromatic rings. The molecule has 0 radical (unpaired) electrons. The molecule has 0 aliphatic carbocycles. The van der Waals surface area contributed by atoms with Crippen LogP contribution in [0.5, 0.6) is 0 Å². The summed E-state index contributed by atoms with van der Waals surface area (Å²) in [5.74, 6) is 0.252. The largest absolute Gasteiger partial charge is 0.355 e. The first-order valence-electron chi connectivity index (χ1n) is 7.45. The van der Waals surface area contributed by atoms with Gasteiger partial charge in [-0.2, -0.15) is 0 Å². The van der Waals surface area contributed by atoms with Crippen LogP contribution < -0.4 is 4.90 Å². The molecule has 2 atom stereocenters. The van der Waals surface area contributed by atoms with Crippen molar-refractivity contribution in [3.05, 3.63) is 65.7 Å². The van der Waals surface area contributed by atoms with E-state index >= 15 is 0 Å². The van der Waals surface area contributed by atoms with Gasteiger partial charge in [0.2, 0.25) is 5.91 Å². The summed E-state index contributed by atoms with van der Waals surface area (Å²) in [6.07, 6.45) is 0. The predicted octanol–water partition coefficient (Wildman–Crippen LogP) is 2.98. The van der Waals surface area contributed by atoms with E-state index in [9.17, 15) is 4.79 Å². The number of benzene rings is 2. The van der Waals surface area contributed by atoms with Crippen molar-refractivity contribution >= 4 is 11.6 Å². The molecule has 0 unspecified atom stereocenters. The van der Waals surface area contributed by atoms with Gasteiger partial charge in [-0.15, -0.1) is 0 Å². The minimum absolute atomic E-state index is 0.0415. The summed E-state index contributed by atoms with van der Waals surface area (Å²) in [6.45, 7) is 3.67. The Morgan fingerprint density at radius 3 is 2.57 bits per heavy atom. The zero-order chi connectivity index (χ0) is 14.4. The molecule has 4 rings (SSSR count). The number of rotatable bonds is 2. The average molecular weight is 278 g/mol. The van der Waals surface area contributed by atoms with Gasteiger partial charge < -0.3 is 9.80 Å². The minimum atomic E-state index is 0.0415. The first-order valence-corrected chi connectivity index (χ1v) is 7.45. The molecule has 2 aliphatic rings. The van der Waals surface area contributed by atoms with Crippen molar-refractivity contribution < 1.29 is 4.79 Å². The lowest BCUT2D eigenvalue weighted by atomic mass is 10.1. The van der Waals surface area contributed by atoms with Crippen molar-refractivity contribution in [1.82, 2.24) is 4.90 Å². The Morgan fingerprint density at radius 2 is 1.76 bits per heavy atom. The molecule has 0 saturated carbocycles. The first-order chi connectivity index (χ1) is 10.3. The fraction of sp³-hybridized carbons (Fsp3) is 0.278. The van der Waals surface area contributed by atoms with Crippen LogP contribution in [0, 0.1) is 0 Å². The predicted molar refractivity (Wildman–Crippen MR) is 83.0 cm³/mol. The van der Waals surface area contributed by atoms with Crippen molar-refractivity contribution in [2.24, 2.45) is 0 Å². The van der Waals surface area contributed by atoms with Gasteiger partial charge in [-0.05, 0) is 24.1 Å². The maximum absolute atomic E-state index is 12.8. The first kappa shape index (κ1) is 12.5. The average Bonchev–Trinajstić information content (AvgIpc) is 3.33. The van der Waals surface area contributed by atoms with Crippen LogP contribution in [-0.2, 0) is 11.3 Å². The van der Waals surface area contributed by atoms with E-state index in [1.54, 1.807) is 0 Å². The molecular weight excluding hydrogens is 260 g/mol. The molecule has 2 aliphatic heterocycles. The van der Waals surface area contributed by atoms with E-state index in [0.29, 0.717) is 6.54 Å². The van der Waals surface area contributed by atoms with Crippen LogP contribution in [0.4, 0.5) is 5.69 Å². The molecular formula is C18H18N2O. The summed E-state index contributed by atoms with van der Waals surface area (Å²) < 4.78 is 0. The molecule has 1 saturated heterocycles. The number of fused-ring (bicyclic) bond motifs is 3. The van der Waals surface area contributed by atoms with Crippen molar-refractivity contribution in [2.75, 3.05) is 11.4 Å². The highest BCUT2D eigenvalue weighted by atomic mass is 16.2. The van der Waals surface area contributed by atoms with Gasteiger partial charge >= 0.3 is 0 Å². The van der Waals surface area contributed by atoms with Crippen LogP contribution in [0.25, 0.3) is 0 Å². The van der Waals surface area contributed by atoms with Gasteiger partial charge in [0.1, 0.15) is 6.04 Å². The lowest BCUT2D eigenvalue weighted by Crippen LogP contribution is -2.35. The quantitative estimate of drug-likeness (QED) is 0.788. The molecule has 2 aromatic carbocycles. The fourth-order valence-electron chi connectivity index (χ4n) is 3.23. The Labute approximate surface area is 124 Å². The summed E-state index contributed by atoms with van der Waals surface area (Å²) >= 11 is 0. The molecule has 1 fully saturated rings. The molecule has 2 heterocycles. The lowest BCUT2D eigenvalue weighted by molar-refractivity contribution is -0.133. The highest BCUT2D eigenvalue weighted by Crippen LogP contribution is 2.38. The second-order valence-electron chi connectivity index (χ2n) is 5.85. The smallest absolute Gasteiger partial charge is 0.247 e. The summed E-state index contributed by atoms with van der Waals surface area (Å²) in [5, 5.41) is 0. The zero-order valence-corrected chi connectivity index (χ0v) is 12.1. The summed E-state index contributed by atoms with van der Waals surface area (Å²) in [5.41, 5.74) is 3.66. The van der Waals surface area contributed by atoms with Crippen LogP contribution in [0.2, 0.25) is 0 Å². The van der Waals surface area contributed by atoms with Gasteiger partial charge in [0, 0.05) is 18.8 Å². The van der Waals surface area contributed by atoms with Crippen molar-refractivity contribution in [1.29, 1.82) is 0 Å². The van der Waals surface area contributed by atoms with E-state index in [0.717, 1.165) is 6.54 Å². The number of nitrogens with zero attached hydrogens (tertiary/aromatic N) is 2. The molecule has 106 valence electrons. The van der Waals surface area contributed by atoms with Crippen molar-refractivity contribution in [2.45, 2.75) is 25.6 Å². The number of carbonyl (C=O) groups excluding carboxylic acids is 1. The second-order valence-corrected chi connectivity index (χ2v) is 5.85. The van der Waals surface area contributed by atoms with E-state index in [2.05, 4.69) is 48.2 Å². The number of hydrogen-bond donors (Lipinski definition) is 0. The van der Waals surface area contributed by atoms with Gasteiger partial charge in [0.25, 0.3) is 0 Å². The van der Waals surface area contributed by atoms with Crippen molar-refractivity contribution in [3.63, 3.8) is 0 Å². The SMILES string of the molecule is C[C@@H](c1ccccc1)N1Cc2ccccc2N2C[C@@H]2C1=O. The maximum Gasteiger partial charge on any atom is 0.247 e. The minimum Gasteiger partial charge on any atom is -0.355 e. The van der Waals surface area contributed by atoms with E-state index in [1.165, 1.54) is 16.8 Å². The van der Waals surface area contributed by atoms with Crippen LogP contribution in [0.1, 0.15) is 24.1 Å². The summed E-state index contributed by atoms with van der Waals surface area (Å²) in [7, 11) is 0. The van der Waals surface area contributed by atoms with E-state index in [-0.39, 0.29) is 18.0 Å². The van der Waals surface area contributed by atoms with E-state index in [1.807, 2.05) is 23.1 Å². The van der Waals surface area contributed by atoms with Gasteiger partial charge in [-0.3, -0.25) is 4.79 Å². The third kappa shape index (κ3) is 2.00. The molecule has 21 heavy (non-hydrogen) atoms. The van der Waals surface area contributed by atoms with Crippen LogP contribution in [0.15, 0.2) is 54.6 Å². The monoisotopic (exact) mass is 278 g/mol. The summed E-state index contributed by atoms with van der Waals surface area (Å²) in [6, 6.07) is 18.8. The van der Waals surface area contributed by atoms with E-state index < -0.39 is 0 Å². The van der Waals surface area contributed by atoms with Gasteiger partial charge in [0.15, 0.2) is 0 Å². The normalized spacial score (nSPS) is 21.4. The highest BCUT2D eigenvalue weighted by molar-refractivity contribution is 5.93. The second kappa shape index (κ2) is 4.62. The molecule has 3 heteroatoms. The zero-order valence-electron chi connectivity index (χ0n) is 12.1. The Morgan fingerprint density at radius 1 is 1.05 bits per heavy atom. The number of anilines is 1. The lowest BCUT2D eigenvalue weighted by Gasteiger charge is -2.28. The Kier molecular flexibility index (Phi) is 2.74. The van der Waals surface area contributed by atoms with Gasteiger partial charge in [0.05, 0.1) is 6.04 Å². The van der Waals surface area contributed by atoms with E-state index in [4.69, 9.17) is 0 Å². The maximum atomic E-state index is 12.8. The third-order valence-corrected chi connectivity index (χ3v) is 4.57. The fourth-order valence-corrected chi connectivity index (χ4v) is 3.23. The Bertz CT molecular complexity index is 683. The van der Waals surface area contributed by atoms with Gasteiger partial charge in [-0.25, -0.2) is 0 Å². The van der Waals surface area contributed by atoms with Gasteiger partial charge in [-0.1, -0.05) is 48.5 Å².